The molecule has 10 heteroatoms. The summed E-state index contributed by atoms with van der Waals surface area (Å²) >= 11 is 0. The van der Waals surface area contributed by atoms with Gasteiger partial charge in [0.15, 0.2) is 0 Å². The minimum absolute atomic E-state index is 0.00725. The van der Waals surface area contributed by atoms with Crippen molar-refractivity contribution in [2.24, 2.45) is 0 Å². The lowest BCUT2D eigenvalue weighted by Crippen LogP contribution is -2.53. The highest BCUT2D eigenvalue weighted by Gasteiger charge is 2.34. The molecule has 0 aliphatic rings. The minimum atomic E-state index is -4.25. The molecule has 0 aromatic heterocycles. The Labute approximate surface area is 251 Å². The molecule has 0 unspecified atom stereocenters. The molecule has 1 atom stereocenters. The second-order valence-electron chi connectivity index (χ2n) is 9.77. The molecular weight excluding hydrogens is 569 g/mol. The van der Waals surface area contributed by atoms with Crippen LogP contribution >= 0.6 is 0 Å². The van der Waals surface area contributed by atoms with Crippen LogP contribution in [0.2, 0.25) is 0 Å². The number of nitrogens with one attached hydrogen (secondary N) is 1. The van der Waals surface area contributed by atoms with Crippen LogP contribution in [0.25, 0.3) is 0 Å². The number of amides is 2. The molecule has 8 nitrogen and oxygen atoms in total. The van der Waals surface area contributed by atoms with Crippen molar-refractivity contribution in [3.05, 3.63) is 126 Å². The van der Waals surface area contributed by atoms with Crippen molar-refractivity contribution in [2.75, 3.05) is 24.5 Å². The van der Waals surface area contributed by atoms with E-state index in [1.54, 1.807) is 49.4 Å². The van der Waals surface area contributed by atoms with Crippen LogP contribution in [0.1, 0.15) is 18.1 Å². The maximum atomic E-state index is 14.3. The lowest BCUT2D eigenvalue weighted by Gasteiger charge is -2.34. The van der Waals surface area contributed by atoms with Crippen molar-refractivity contribution < 1.29 is 27.1 Å². The summed E-state index contributed by atoms with van der Waals surface area (Å²) in [6.45, 7) is 1.51. The normalized spacial score (nSPS) is 11.8. The molecule has 0 heterocycles. The number of sulfonamides is 1. The van der Waals surface area contributed by atoms with Gasteiger partial charge >= 0.3 is 0 Å². The molecule has 0 aliphatic heterocycles. The van der Waals surface area contributed by atoms with Gasteiger partial charge in [0.05, 0.1) is 17.7 Å². The quantitative estimate of drug-likeness (QED) is 0.237. The first-order valence-corrected chi connectivity index (χ1v) is 15.2. The number of carbonyl (C=O) groups is 2. The van der Waals surface area contributed by atoms with Gasteiger partial charge in [-0.2, -0.15) is 0 Å². The highest BCUT2D eigenvalue weighted by Crippen LogP contribution is 2.25. The van der Waals surface area contributed by atoms with Crippen molar-refractivity contribution in [3.63, 3.8) is 0 Å². The van der Waals surface area contributed by atoms with E-state index in [4.69, 9.17) is 4.74 Å². The van der Waals surface area contributed by atoms with Gasteiger partial charge in [-0.05, 0) is 66.6 Å². The first kappa shape index (κ1) is 31.2. The van der Waals surface area contributed by atoms with Gasteiger partial charge in [0.25, 0.3) is 10.0 Å². The van der Waals surface area contributed by atoms with Crippen LogP contribution in [0.4, 0.5) is 10.1 Å². The van der Waals surface area contributed by atoms with E-state index in [1.807, 2.05) is 30.3 Å². The minimum Gasteiger partial charge on any atom is -0.497 e. The van der Waals surface area contributed by atoms with Crippen LogP contribution in [-0.4, -0.2) is 51.4 Å². The first-order chi connectivity index (χ1) is 20.7. The van der Waals surface area contributed by atoms with Gasteiger partial charge < -0.3 is 15.0 Å². The van der Waals surface area contributed by atoms with Crippen LogP contribution in [-0.2, 0) is 32.6 Å². The number of carbonyl (C=O) groups excluding carboxylic acids is 2. The molecule has 224 valence electrons. The van der Waals surface area contributed by atoms with E-state index in [0.29, 0.717) is 17.9 Å². The highest BCUT2D eigenvalue weighted by molar-refractivity contribution is 7.92. The average molecular weight is 604 g/mol. The molecule has 4 aromatic rings. The summed E-state index contributed by atoms with van der Waals surface area (Å²) in [4.78, 5) is 29.2. The maximum absolute atomic E-state index is 14.3. The van der Waals surface area contributed by atoms with E-state index in [-0.39, 0.29) is 29.5 Å². The zero-order valence-corrected chi connectivity index (χ0v) is 24.8. The number of ether oxygens (including phenoxy) is 1. The van der Waals surface area contributed by atoms with E-state index in [2.05, 4.69) is 5.32 Å². The number of nitrogens with zero attached hydrogens (tertiary/aromatic N) is 2. The standard InChI is InChI=1S/C33H34FN3O5S/c1-3-35-33(39)31(22-25-11-6-4-7-12-25)36(23-26-13-10-14-29(21-26)42-2)32(38)24-37(28-19-17-27(34)18-20-28)43(40,41)30-15-8-5-9-16-30/h4-21,31H,3,22-24H2,1-2H3,(H,35,39)/t31-/m1/s1. The fourth-order valence-corrected chi connectivity index (χ4v) is 6.10. The molecule has 43 heavy (non-hydrogen) atoms. The van der Waals surface area contributed by atoms with Crippen LogP contribution in [0.5, 0.6) is 5.75 Å². The maximum Gasteiger partial charge on any atom is 0.264 e. The molecule has 1 N–H and O–H groups in total. The molecule has 0 spiro atoms. The van der Waals surface area contributed by atoms with Crippen molar-refractivity contribution in [1.29, 1.82) is 0 Å². The molecule has 4 rings (SSSR count). The van der Waals surface area contributed by atoms with Gasteiger partial charge in [-0.25, -0.2) is 12.8 Å². The van der Waals surface area contributed by atoms with Gasteiger partial charge in [-0.1, -0.05) is 60.7 Å². The van der Waals surface area contributed by atoms with E-state index >= 15 is 0 Å². The Hall–Kier alpha value is -4.70. The third kappa shape index (κ3) is 7.98. The SMILES string of the molecule is CCNC(=O)[C@@H](Cc1ccccc1)N(Cc1cccc(OC)c1)C(=O)CN(c1ccc(F)cc1)S(=O)(=O)c1ccccc1. The lowest BCUT2D eigenvalue weighted by atomic mass is 10.0. The Morgan fingerprint density at radius 3 is 2.12 bits per heavy atom. The molecule has 4 aromatic carbocycles. The third-order valence-electron chi connectivity index (χ3n) is 6.83. The predicted octanol–water partition coefficient (Wildman–Crippen LogP) is 4.81. The number of methoxy groups -OCH3 is 1. The van der Waals surface area contributed by atoms with Crippen molar-refractivity contribution in [2.45, 2.75) is 30.8 Å². The van der Waals surface area contributed by atoms with Crippen molar-refractivity contribution in [1.82, 2.24) is 10.2 Å². The fourth-order valence-electron chi connectivity index (χ4n) is 4.67. The van der Waals surface area contributed by atoms with E-state index in [1.165, 1.54) is 36.3 Å². The van der Waals surface area contributed by atoms with Crippen LogP contribution in [0, 0.1) is 5.82 Å². The Morgan fingerprint density at radius 2 is 1.49 bits per heavy atom. The van der Waals surface area contributed by atoms with Gasteiger partial charge in [-0.15, -0.1) is 0 Å². The number of likely N-dealkylation sites (N-methyl/N-ethyl adjacent to an activating group) is 1. The number of hydrogen-bond acceptors (Lipinski definition) is 5. The van der Waals surface area contributed by atoms with Gasteiger partial charge in [0.2, 0.25) is 11.8 Å². The second-order valence-corrected chi connectivity index (χ2v) is 11.6. The molecule has 2 amide bonds. The number of anilines is 1. The van der Waals surface area contributed by atoms with Crippen LogP contribution in [0.3, 0.4) is 0 Å². The second kappa shape index (κ2) is 14.5. The smallest absolute Gasteiger partial charge is 0.264 e. The molecule has 0 aliphatic carbocycles. The average Bonchev–Trinajstić information content (AvgIpc) is 3.03. The van der Waals surface area contributed by atoms with E-state index < -0.39 is 34.3 Å². The Bertz CT molecular complexity index is 1620. The van der Waals surface area contributed by atoms with Crippen molar-refractivity contribution in [3.8, 4) is 5.75 Å². The predicted molar refractivity (Wildman–Crippen MR) is 164 cm³/mol. The van der Waals surface area contributed by atoms with Crippen LogP contribution in [0.15, 0.2) is 114 Å². The summed E-state index contributed by atoms with van der Waals surface area (Å²) in [5, 5.41) is 2.83. The van der Waals surface area contributed by atoms with E-state index in [9.17, 15) is 22.4 Å². The molecule has 0 bridgehead atoms. The fraction of sp³-hybridized carbons (Fsp3) is 0.212. The monoisotopic (exact) mass is 603 g/mol. The highest BCUT2D eigenvalue weighted by atomic mass is 32.2. The number of hydrogen-bond donors (Lipinski definition) is 1. The Morgan fingerprint density at radius 1 is 0.860 bits per heavy atom. The Balaban J connectivity index is 1.79. The van der Waals surface area contributed by atoms with Gasteiger partial charge in [-0.3, -0.25) is 13.9 Å². The summed E-state index contributed by atoms with van der Waals surface area (Å²) < 4.78 is 47.9. The van der Waals surface area contributed by atoms with Crippen molar-refractivity contribution >= 4 is 27.5 Å². The van der Waals surface area contributed by atoms with Gasteiger partial charge in [0, 0.05) is 19.5 Å². The summed E-state index contributed by atoms with van der Waals surface area (Å²) in [5.41, 5.74) is 1.63. The molecular formula is C33H34FN3O5S. The van der Waals surface area contributed by atoms with E-state index in [0.717, 1.165) is 22.0 Å². The molecule has 0 radical (unpaired) electrons. The summed E-state index contributed by atoms with van der Waals surface area (Å²) in [5.74, 6) is -0.964. The molecule has 0 saturated heterocycles. The lowest BCUT2D eigenvalue weighted by molar-refractivity contribution is -0.140. The topological polar surface area (TPSA) is 96.0 Å². The summed E-state index contributed by atoms with van der Waals surface area (Å²) in [6, 6.07) is 28.0. The summed E-state index contributed by atoms with van der Waals surface area (Å²) in [6.07, 6.45) is 0.199. The number of rotatable bonds is 13. The number of halogens is 1. The Kier molecular flexibility index (Phi) is 10.5. The first-order valence-electron chi connectivity index (χ1n) is 13.8. The summed E-state index contributed by atoms with van der Waals surface area (Å²) in [7, 11) is -2.72. The largest absolute Gasteiger partial charge is 0.497 e. The number of benzene rings is 4. The van der Waals surface area contributed by atoms with Gasteiger partial charge in [0.1, 0.15) is 24.2 Å². The zero-order chi connectivity index (χ0) is 30.8. The van der Waals surface area contributed by atoms with Crippen LogP contribution < -0.4 is 14.4 Å². The third-order valence-corrected chi connectivity index (χ3v) is 8.62. The molecule has 0 fully saturated rings. The zero-order valence-electron chi connectivity index (χ0n) is 24.0. The molecule has 0 saturated carbocycles.